The van der Waals surface area contributed by atoms with E-state index in [9.17, 15) is 0 Å². The van der Waals surface area contributed by atoms with Crippen LogP contribution in [0.3, 0.4) is 0 Å². The van der Waals surface area contributed by atoms with Gasteiger partial charge in [0.15, 0.2) is 0 Å². The SMILES string of the molecule is [B]c1cnc(Br)c(N)c1. The highest BCUT2D eigenvalue weighted by atomic mass is 79.9. The summed E-state index contributed by atoms with van der Waals surface area (Å²) in [6, 6.07) is 1.65. The minimum absolute atomic E-state index is 0.565. The van der Waals surface area contributed by atoms with Gasteiger partial charge in [0.1, 0.15) is 12.4 Å². The third-order valence-corrected chi connectivity index (χ3v) is 1.55. The van der Waals surface area contributed by atoms with E-state index in [1.54, 1.807) is 12.3 Å². The van der Waals surface area contributed by atoms with Crippen LogP contribution in [0.4, 0.5) is 5.69 Å². The molecule has 1 aromatic rings. The molecule has 1 aromatic heterocycles. The van der Waals surface area contributed by atoms with Gasteiger partial charge in [-0.3, -0.25) is 0 Å². The fourth-order valence-corrected chi connectivity index (χ4v) is 0.699. The summed E-state index contributed by atoms with van der Waals surface area (Å²) in [5, 5.41) is 0. The highest BCUT2D eigenvalue weighted by molar-refractivity contribution is 9.10. The van der Waals surface area contributed by atoms with E-state index in [-0.39, 0.29) is 0 Å². The zero-order valence-corrected chi connectivity index (χ0v) is 6.22. The molecule has 0 saturated carbocycles. The Morgan fingerprint density at radius 3 is 2.78 bits per heavy atom. The summed E-state index contributed by atoms with van der Waals surface area (Å²) in [4.78, 5) is 3.84. The van der Waals surface area contributed by atoms with Gasteiger partial charge in [-0.15, -0.1) is 0 Å². The number of aromatic nitrogens is 1. The first-order valence-corrected chi connectivity index (χ1v) is 3.16. The van der Waals surface area contributed by atoms with Gasteiger partial charge in [-0.2, -0.15) is 0 Å². The molecule has 0 aliphatic carbocycles. The summed E-state index contributed by atoms with van der Waals surface area (Å²) in [5.41, 5.74) is 6.58. The van der Waals surface area contributed by atoms with Crippen LogP contribution in [0.15, 0.2) is 16.9 Å². The van der Waals surface area contributed by atoms with Gasteiger partial charge in [-0.1, -0.05) is 5.46 Å². The molecular weight excluding hydrogens is 179 g/mol. The number of pyridine rings is 1. The summed E-state index contributed by atoms with van der Waals surface area (Å²) < 4.78 is 0.636. The number of hydrogen-bond donors (Lipinski definition) is 1. The lowest BCUT2D eigenvalue weighted by Gasteiger charge is -1.96. The highest BCUT2D eigenvalue weighted by Gasteiger charge is 1.93. The standard InChI is InChI=1S/C5H4BBrN2/c6-3-1-4(8)5(7)9-2-3/h1-2H,8H2. The number of halogens is 1. The lowest BCUT2D eigenvalue weighted by molar-refractivity contribution is 1.30. The Morgan fingerprint density at radius 1 is 1.67 bits per heavy atom. The van der Waals surface area contributed by atoms with E-state index in [2.05, 4.69) is 20.9 Å². The van der Waals surface area contributed by atoms with Crippen LogP contribution in [-0.4, -0.2) is 12.8 Å². The highest BCUT2D eigenvalue weighted by Crippen LogP contribution is 2.11. The normalized spacial score (nSPS) is 9.44. The van der Waals surface area contributed by atoms with Gasteiger partial charge >= 0.3 is 0 Å². The maximum atomic E-state index is 5.43. The molecule has 0 aliphatic rings. The average molecular weight is 183 g/mol. The van der Waals surface area contributed by atoms with Crippen molar-refractivity contribution in [3.05, 3.63) is 16.9 Å². The minimum atomic E-state index is 0.565. The topological polar surface area (TPSA) is 38.9 Å². The molecule has 0 atom stereocenters. The van der Waals surface area contributed by atoms with Crippen LogP contribution in [0.5, 0.6) is 0 Å². The van der Waals surface area contributed by atoms with Crippen LogP contribution in [0, 0.1) is 0 Å². The molecule has 2 N–H and O–H groups in total. The Morgan fingerprint density at radius 2 is 2.33 bits per heavy atom. The van der Waals surface area contributed by atoms with E-state index in [1.807, 2.05) is 0 Å². The fraction of sp³-hybridized carbons (Fsp3) is 0. The van der Waals surface area contributed by atoms with Gasteiger partial charge in [0, 0.05) is 6.20 Å². The second-order valence-electron chi connectivity index (χ2n) is 1.65. The van der Waals surface area contributed by atoms with Crippen molar-refractivity contribution < 1.29 is 0 Å². The van der Waals surface area contributed by atoms with E-state index in [1.165, 1.54) is 0 Å². The molecule has 44 valence electrons. The maximum Gasteiger partial charge on any atom is 0.128 e. The van der Waals surface area contributed by atoms with E-state index < -0.39 is 0 Å². The third kappa shape index (κ3) is 1.45. The van der Waals surface area contributed by atoms with Gasteiger partial charge in [0.25, 0.3) is 0 Å². The number of nitrogens with zero attached hydrogens (tertiary/aromatic N) is 1. The molecule has 2 radical (unpaired) electrons. The molecule has 0 aromatic carbocycles. The second kappa shape index (κ2) is 2.39. The smallest absolute Gasteiger partial charge is 0.128 e. The first-order valence-electron chi connectivity index (χ1n) is 2.36. The number of nitrogen functional groups attached to an aromatic ring is 1. The Kier molecular flexibility index (Phi) is 1.76. The third-order valence-electron chi connectivity index (χ3n) is 0.887. The van der Waals surface area contributed by atoms with E-state index in [0.717, 1.165) is 0 Å². The maximum absolute atomic E-state index is 5.43. The zero-order valence-electron chi connectivity index (χ0n) is 4.63. The summed E-state index contributed by atoms with van der Waals surface area (Å²) in [5.74, 6) is 0. The van der Waals surface area contributed by atoms with E-state index >= 15 is 0 Å². The quantitative estimate of drug-likeness (QED) is 0.461. The summed E-state index contributed by atoms with van der Waals surface area (Å²) >= 11 is 3.14. The Hall–Kier alpha value is -0.505. The fourth-order valence-electron chi connectivity index (χ4n) is 0.482. The first-order chi connectivity index (χ1) is 4.20. The molecule has 0 unspecified atom stereocenters. The molecule has 0 amide bonds. The summed E-state index contributed by atoms with van der Waals surface area (Å²) in [7, 11) is 5.36. The first kappa shape index (κ1) is 6.61. The number of rotatable bonds is 0. The van der Waals surface area contributed by atoms with Crippen molar-refractivity contribution >= 4 is 34.9 Å². The molecule has 1 heterocycles. The van der Waals surface area contributed by atoms with E-state index in [4.69, 9.17) is 13.6 Å². The molecular formula is C5H4BBrN2. The minimum Gasteiger partial charge on any atom is -0.397 e. The molecule has 0 fully saturated rings. The van der Waals surface area contributed by atoms with Gasteiger partial charge in [-0.25, -0.2) is 4.98 Å². The Labute approximate surface area is 63.0 Å². The van der Waals surface area contributed by atoms with Crippen molar-refractivity contribution in [2.24, 2.45) is 0 Å². The van der Waals surface area contributed by atoms with Gasteiger partial charge < -0.3 is 5.73 Å². The van der Waals surface area contributed by atoms with E-state index in [0.29, 0.717) is 15.8 Å². The van der Waals surface area contributed by atoms with Crippen LogP contribution < -0.4 is 11.2 Å². The van der Waals surface area contributed by atoms with Gasteiger partial charge in [0.2, 0.25) is 0 Å². The monoisotopic (exact) mass is 182 g/mol. The molecule has 0 spiro atoms. The number of nitrogens with two attached hydrogens (primary N) is 1. The van der Waals surface area contributed by atoms with Crippen LogP contribution >= 0.6 is 15.9 Å². The zero-order chi connectivity index (χ0) is 6.85. The Bertz CT molecular complexity index is 226. The largest absolute Gasteiger partial charge is 0.397 e. The molecule has 1 rings (SSSR count). The molecule has 0 aliphatic heterocycles. The number of anilines is 1. The molecule has 0 bridgehead atoms. The molecule has 0 saturated heterocycles. The van der Waals surface area contributed by atoms with Gasteiger partial charge in [0.05, 0.1) is 5.69 Å². The predicted molar refractivity (Wildman–Crippen MR) is 41.7 cm³/mol. The van der Waals surface area contributed by atoms with Crippen molar-refractivity contribution in [1.29, 1.82) is 0 Å². The second-order valence-corrected chi connectivity index (χ2v) is 2.40. The van der Waals surface area contributed by atoms with Crippen molar-refractivity contribution in [3.8, 4) is 0 Å². The Balaban J connectivity index is 3.17. The van der Waals surface area contributed by atoms with Crippen molar-refractivity contribution in [2.45, 2.75) is 0 Å². The summed E-state index contributed by atoms with van der Waals surface area (Å²) in [6.07, 6.45) is 1.54. The lowest BCUT2D eigenvalue weighted by Crippen LogP contribution is -2.05. The predicted octanol–water partition coefficient (Wildman–Crippen LogP) is 0.220. The molecule has 9 heavy (non-hydrogen) atoms. The van der Waals surface area contributed by atoms with Gasteiger partial charge in [-0.05, 0) is 22.0 Å². The summed E-state index contributed by atoms with van der Waals surface area (Å²) in [6.45, 7) is 0. The molecule has 2 nitrogen and oxygen atoms in total. The van der Waals surface area contributed by atoms with Crippen LogP contribution in [-0.2, 0) is 0 Å². The lowest BCUT2D eigenvalue weighted by atomic mass is 9.99. The average Bonchev–Trinajstić information content (AvgIpc) is 1.80. The van der Waals surface area contributed by atoms with Crippen molar-refractivity contribution in [3.63, 3.8) is 0 Å². The number of hydrogen-bond acceptors (Lipinski definition) is 2. The van der Waals surface area contributed by atoms with Crippen LogP contribution in [0.1, 0.15) is 0 Å². The van der Waals surface area contributed by atoms with Crippen LogP contribution in [0.25, 0.3) is 0 Å². The van der Waals surface area contributed by atoms with Crippen molar-refractivity contribution in [1.82, 2.24) is 4.98 Å². The van der Waals surface area contributed by atoms with Crippen LogP contribution in [0.2, 0.25) is 0 Å². The molecule has 4 heteroatoms. The van der Waals surface area contributed by atoms with Crippen molar-refractivity contribution in [2.75, 3.05) is 5.73 Å².